The van der Waals surface area contributed by atoms with Gasteiger partial charge in [-0.15, -0.1) is 0 Å². The average Bonchev–Trinajstić information content (AvgIpc) is 3.22. The molecule has 0 unspecified atom stereocenters. The maximum absolute atomic E-state index is 13.3. The number of carbonyl (C=O) groups is 1. The Labute approximate surface area is 202 Å². The van der Waals surface area contributed by atoms with E-state index in [2.05, 4.69) is 11.1 Å². The van der Waals surface area contributed by atoms with E-state index in [0.29, 0.717) is 5.13 Å². The van der Waals surface area contributed by atoms with Crippen molar-refractivity contribution in [2.24, 2.45) is 0 Å². The lowest BCUT2D eigenvalue weighted by Gasteiger charge is -2.20. The van der Waals surface area contributed by atoms with Crippen molar-refractivity contribution in [3.8, 4) is 0 Å². The van der Waals surface area contributed by atoms with Gasteiger partial charge in [-0.25, -0.2) is 17.8 Å². The number of thiazole rings is 1. The van der Waals surface area contributed by atoms with E-state index in [1.807, 2.05) is 26.0 Å². The highest BCUT2D eigenvalue weighted by molar-refractivity contribution is 7.91. The number of aromatic nitrogens is 2. The molecule has 2 heterocycles. The summed E-state index contributed by atoms with van der Waals surface area (Å²) < 4.78 is 39.3. The van der Waals surface area contributed by atoms with Crippen molar-refractivity contribution in [3.05, 3.63) is 83.4 Å². The van der Waals surface area contributed by atoms with Crippen molar-refractivity contribution < 1.29 is 17.6 Å². The molecule has 0 aliphatic rings. The molecule has 4 aromatic rings. The van der Waals surface area contributed by atoms with Gasteiger partial charge in [-0.1, -0.05) is 23.5 Å². The van der Waals surface area contributed by atoms with Crippen LogP contribution in [0.25, 0.3) is 10.2 Å². The Balaban J connectivity index is 1.55. The molecule has 0 atom stereocenters. The Morgan fingerprint density at radius 2 is 1.88 bits per heavy atom. The molecule has 0 aliphatic carbocycles. The normalized spacial score (nSPS) is 11.6. The van der Waals surface area contributed by atoms with Gasteiger partial charge in [-0.2, -0.15) is 0 Å². The largest absolute Gasteiger partial charge is 0.284 e. The lowest BCUT2D eigenvalue weighted by Crippen LogP contribution is -2.30. The van der Waals surface area contributed by atoms with Crippen LogP contribution in [0.2, 0.25) is 0 Å². The number of hydrogen-bond donors (Lipinski definition) is 0. The van der Waals surface area contributed by atoms with E-state index in [9.17, 15) is 17.6 Å². The molecule has 0 radical (unpaired) electrons. The van der Waals surface area contributed by atoms with Crippen molar-refractivity contribution in [2.45, 2.75) is 38.1 Å². The summed E-state index contributed by atoms with van der Waals surface area (Å²) >= 11 is 1.45. The molecule has 2 aromatic carbocycles. The van der Waals surface area contributed by atoms with Crippen LogP contribution in [0, 0.1) is 19.7 Å². The van der Waals surface area contributed by atoms with E-state index in [1.165, 1.54) is 23.5 Å². The third kappa shape index (κ3) is 5.48. The highest BCUT2D eigenvalue weighted by atomic mass is 32.2. The third-order valence-corrected chi connectivity index (χ3v) is 8.43. The highest BCUT2D eigenvalue weighted by Crippen LogP contribution is 2.33. The van der Waals surface area contributed by atoms with E-state index in [-0.39, 0.29) is 35.9 Å². The van der Waals surface area contributed by atoms with Crippen LogP contribution in [0.5, 0.6) is 0 Å². The number of nitrogens with zero attached hydrogens (tertiary/aromatic N) is 3. The predicted molar refractivity (Wildman–Crippen MR) is 132 cm³/mol. The summed E-state index contributed by atoms with van der Waals surface area (Å²) in [5, 5.41) is 0.568. The number of hydrogen-bond acceptors (Lipinski definition) is 6. The number of amides is 1. The molecule has 0 saturated heterocycles. The van der Waals surface area contributed by atoms with Crippen LogP contribution in [0.1, 0.15) is 29.5 Å². The van der Waals surface area contributed by atoms with Gasteiger partial charge in [0.2, 0.25) is 5.91 Å². The molecule has 0 spiro atoms. The SMILES string of the molecule is Cc1cc(C)c2sc(N(Cc3cccnc3)C(=O)CCCS(=O)(=O)c3ccc(F)cc3)nc2c1. The van der Waals surface area contributed by atoms with Crippen molar-refractivity contribution in [2.75, 3.05) is 10.7 Å². The fourth-order valence-electron chi connectivity index (χ4n) is 3.73. The van der Waals surface area contributed by atoms with Gasteiger partial charge in [0.05, 0.1) is 27.4 Å². The van der Waals surface area contributed by atoms with E-state index >= 15 is 0 Å². The first kappa shape index (κ1) is 24.0. The van der Waals surface area contributed by atoms with Crippen LogP contribution in [-0.2, 0) is 21.2 Å². The van der Waals surface area contributed by atoms with Gasteiger partial charge >= 0.3 is 0 Å². The van der Waals surface area contributed by atoms with E-state index in [4.69, 9.17) is 4.98 Å². The quantitative estimate of drug-likeness (QED) is 0.311. The maximum atomic E-state index is 13.3. The van der Waals surface area contributed by atoms with Crippen LogP contribution in [0.4, 0.5) is 9.52 Å². The molecule has 0 saturated carbocycles. The molecule has 0 bridgehead atoms. The average molecular weight is 498 g/mol. The van der Waals surface area contributed by atoms with Gasteiger partial charge in [0, 0.05) is 18.8 Å². The van der Waals surface area contributed by atoms with Gasteiger partial charge in [0.1, 0.15) is 5.82 Å². The molecule has 0 fully saturated rings. The second kappa shape index (κ2) is 9.99. The topological polar surface area (TPSA) is 80.2 Å². The summed E-state index contributed by atoms with van der Waals surface area (Å²) in [6.45, 7) is 4.31. The lowest BCUT2D eigenvalue weighted by molar-refractivity contribution is -0.118. The number of benzene rings is 2. The molecule has 176 valence electrons. The minimum atomic E-state index is -3.61. The molecule has 9 heteroatoms. The first-order chi connectivity index (χ1) is 16.2. The number of halogens is 1. The summed E-state index contributed by atoms with van der Waals surface area (Å²) in [5.74, 6) is -0.920. The molecule has 0 aliphatic heterocycles. The van der Waals surface area contributed by atoms with Gasteiger partial charge in [0.15, 0.2) is 15.0 Å². The van der Waals surface area contributed by atoms with Crippen LogP contribution >= 0.6 is 11.3 Å². The third-order valence-electron chi connectivity index (χ3n) is 5.38. The second-order valence-electron chi connectivity index (χ2n) is 8.14. The summed E-state index contributed by atoms with van der Waals surface area (Å²) in [6, 6.07) is 12.5. The van der Waals surface area contributed by atoms with Gasteiger partial charge in [-0.05, 0) is 73.4 Å². The number of anilines is 1. The molecule has 34 heavy (non-hydrogen) atoms. The van der Waals surface area contributed by atoms with Gasteiger partial charge in [-0.3, -0.25) is 14.7 Å². The lowest BCUT2D eigenvalue weighted by atomic mass is 10.1. The van der Waals surface area contributed by atoms with Crippen LogP contribution in [-0.4, -0.2) is 30.0 Å². The number of sulfone groups is 1. The maximum Gasteiger partial charge on any atom is 0.229 e. The number of aryl methyl sites for hydroxylation is 2. The summed E-state index contributed by atoms with van der Waals surface area (Å²) in [7, 11) is -3.61. The Kier molecular flexibility index (Phi) is 7.04. The summed E-state index contributed by atoms with van der Waals surface area (Å²) in [4.78, 5) is 23.8. The van der Waals surface area contributed by atoms with Crippen LogP contribution in [0.3, 0.4) is 0 Å². The van der Waals surface area contributed by atoms with Crippen LogP contribution in [0.15, 0.2) is 65.8 Å². The smallest absolute Gasteiger partial charge is 0.229 e. The van der Waals surface area contributed by atoms with E-state index < -0.39 is 15.7 Å². The van der Waals surface area contributed by atoms with Gasteiger partial charge < -0.3 is 0 Å². The zero-order valence-corrected chi connectivity index (χ0v) is 20.5. The number of carbonyl (C=O) groups excluding carboxylic acids is 1. The van der Waals surface area contributed by atoms with Crippen molar-refractivity contribution in [1.29, 1.82) is 0 Å². The molecule has 2 aromatic heterocycles. The van der Waals surface area contributed by atoms with Crippen molar-refractivity contribution in [1.82, 2.24) is 9.97 Å². The number of rotatable bonds is 8. The molecule has 0 N–H and O–H groups in total. The van der Waals surface area contributed by atoms with E-state index in [0.717, 1.165) is 39.0 Å². The van der Waals surface area contributed by atoms with Gasteiger partial charge in [0.25, 0.3) is 0 Å². The Morgan fingerprint density at radius 3 is 2.59 bits per heavy atom. The minimum absolute atomic E-state index is 0.0363. The Morgan fingerprint density at radius 1 is 1.12 bits per heavy atom. The molecule has 1 amide bonds. The van der Waals surface area contributed by atoms with E-state index in [1.54, 1.807) is 23.4 Å². The first-order valence-electron chi connectivity index (χ1n) is 10.8. The molecular weight excluding hydrogens is 473 g/mol. The molecule has 6 nitrogen and oxygen atoms in total. The van der Waals surface area contributed by atoms with Crippen molar-refractivity contribution >= 4 is 42.4 Å². The summed E-state index contributed by atoms with van der Waals surface area (Å²) in [6.07, 6.45) is 3.54. The first-order valence-corrected chi connectivity index (χ1v) is 13.3. The standard InChI is InChI=1S/C25H24FN3O3S2/c1-17-13-18(2)24-22(14-17)28-25(33-24)29(16-19-5-3-11-27-15-19)23(30)6-4-12-34(31,32)21-9-7-20(26)8-10-21/h3,5,7-11,13-15H,4,6,12,16H2,1-2H3. The predicted octanol–water partition coefficient (Wildman–Crippen LogP) is 5.23. The highest BCUT2D eigenvalue weighted by Gasteiger charge is 2.22. The minimum Gasteiger partial charge on any atom is -0.284 e. The fourth-order valence-corrected chi connectivity index (χ4v) is 6.07. The molecular formula is C25H24FN3O3S2. The fraction of sp³-hybridized carbons (Fsp3) is 0.240. The Hall–Kier alpha value is -3.17. The molecule has 4 rings (SSSR count). The number of fused-ring (bicyclic) bond motifs is 1. The van der Waals surface area contributed by atoms with Crippen molar-refractivity contribution in [3.63, 3.8) is 0 Å². The Bertz CT molecular complexity index is 1420. The second-order valence-corrected chi connectivity index (χ2v) is 11.2. The monoisotopic (exact) mass is 497 g/mol. The van der Waals surface area contributed by atoms with Crippen LogP contribution < -0.4 is 4.90 Å². The zero-order valence-electron chi connectivity index (χ0n) is 18.9. The number of pyridine rings is 1. The summed E-state index contributed by atoms with van der Waals surface area (Å²) in [5.41, 5.74) is 3.87. The zero-order chi connectivity index (χ0) is 24.3.